The summed E-state index contributed by atoms with van der Waals surface area (Å²) < 4.78 is 13.3. The van der Waals surface area contributed by atoms with E-state index >= 15 is 0 Å². The van der Waals surface area contributed by atoms with Gasteiger partial charge in [0.25, 0.3) is 0 Å². The van der Waals surface area contributed by atoms with Crippen LogP contribution >= 0.6 is 0 Å². The molecular formula is C14H19FN2O. The van der Waals surface area contributed by atoms with E-state index in [0.717, 1.165) is 12.0 Å². The monoisotopic (exact) mass is 250 g/mol. The second kappa shape index (κ2) is 5.06. The van der Waals surface area contributed by atoms with Crippen LogP contribution in [0.15, 0.2) is 24.3 Å². The summed E-state index contributed by atoms with van der Waals surface area (Å²) in [6, 6.07) is 5.92. The van der Waals surface area contributed by atoms with Gasteiger partial charge in [-0.3, -0.25) is 4.79 Å². The van der Waals surface area contributed by atoms with Gasteiger partial charge in [-0.15, -0.1) is 0 Å². The maximum Gasteiger partial charge on any atom is 0.239 e. The smallest absolute Gasteiger partial charge is 0.239 e. The average molecular weight is 250 g/mol. The molecule has 1 heterocycles. The molecule has 3 nitrogen and oxygen atoms in total. The van der Waals surface area contributed by atoms with Crippen LogP contribution < -0.4 is 5.73 Å². The minimum absolute atomic E-state index is 0.0470. The van der Waals surface area contributed by atoms with E-state index in [1.807, 2.05) is 6.07 Å². The number of carbonyl (C=O) groups is 1. The Labute approximate surface area is 107 Å². The molecule has 18 heavy (non-hydrogen) atoms. The summed E-state index contributed by atoms with van der Waals surface area (Å²) in [4.78, 5) is 13.8. The highest BCUT2D eigenvalue weighted by Gasteiger charge is 2.35. The zero-order valence-electron chi connectivity index (χ0n) is 10.8. The van der Waals surface area contributed by atoms with Crippen molar-refractivity contribution < 1.29 is 9.18 Å². The largest absolute Gasteiger partial charge is 0.334 e. The molecule has 0 spiro atoms. The van der Waals surface area contributed by atoms with Gasteiger partial charge in [0.15, 0.2) is 0 Å². The molecule has 1 aliphatic heterocycles. The Bertz CT molecular complexity index is 447. The van der Waals surface area contributed by atoms with Crippen LogP contribution in [0.2, 0.25) is 0 Å². The third-order valence-corrected chi connectivity index (χ3v) is 3.42. The zero-order valence-corrected chi connectivity index (χ0v) is 10.8. The van der Waals surface area contributed by atoms with E-state index in [1.54, 1.807) is 17.9 Å². The van der Waals surface area contributed by atoms with E-state index in [0.29, 0.717) is 12.5 Å². The van der Waals surface area contributed by atoms with Crippen molar-refractivity contribution >= 4 is 5.91 Å². The second-order valence-corrected chi connectivity index (χ2v) is 5.19. The summed E-state index contributed by atoms with van der Waals surface area (Å²) in [6.45, 7) is 4.48. The van der Waals surface area contributed by atoms with Crippen LogP contribution in [0.25, 0.3) is 0 Å². The third kappa shape index (κ3) is 2.53. The molecule has 3 atom stereocenters. The summed E-state index contributed by atoms with van der Waals surface area (Å²) in [5.74, 6) is 0.0924. The minimum atomic E-state index is -0.508. The lowest BCUT2D eigenvalue weighted by Gasteiger charge is -2.26. The molecule has 2 N–H and O–H groups in total. The molecule has 98 valence electrons. The van der Waals surface area contributed by atoms with Crippen molar-refractivity contribution in [2.45, 2.75) is 32.4 Å². The molecule has 1 aromatic carbocycles. The predicted molar refractivity (Wildman–Crippen MR) is 68.3 cm³/mol. The van der Waals surface area contributed by atoms with Gasteiger partial charge in [0.2, 0.25) is 5.91 Å². The van der Waals surface area contributed by atoms with Gasteiger partial charge in [0.05, 0.1) is 12.1 Å². The number of halogens is 1. The van der Waals surface area contributed by atoms with Crippen LogP contribution in [-0.4, -0.2) is 23.4 Å². The van der Waals surface area contributed by atoms with Gasteiger partial charge in [-0.2, -0.15) is 0 Å². The standard InChI is InChI=1S/C14H19FN2O/c1-9-6-13(11-4-3-5-12(15)7-11)17(8-9)14(18)10(2)16/h3-5,7,9-10,13H,6,8,16H2,1-2H3/t9?,10-,13?/m1/s1. The fraction of sp³-hybridized carbons (Fsp3) is 0.500. The van der Waals surface area contributed by atoms with Crippen molar-refractivity contribution in [3.63, 3.8) is 0 Å². The second-order valence-electron chi connectivity index (χ2n) is 5.19. The van der Waals surface area contributed by atoms with Gasteiger partial charge in [-0.1, -0.05) is 19.1 Å². The van der Waals surface area contributed by atoms with Gasteiger partial charge < -0.3 is 10.6 Å². The van der Waals surface area contributed by atoms with Crippen molar-refractivity contribution in [3.8, 4) is 0 Å². The van der Waals surface area contributed by atoms with Crippen molar-refractivity contribution in [2.75, 3.05) is 6.54 Å². The molecule has 0 aromatic heterocycles. The lowest BCUT2D eigenvalue weighted by Crippen LogP contribution is -2.41. The number of nitrogens with zero attached hydrogens (tertiary/aromatic N) is 1. The highest BCUT2D eigenvalue weighted by Crippen LogP contribution is 2.35. The first kappa shape index (κ1) is 13.0. The van der Waals surface area contributed by atoms with Crippen LogP contribution in [0, 0.1) is 11.7 Å². The van der Waals surface area contributed by atoms with Gasteiger partial charge in [-0.05, 0) is 37.0 Å². The highest BCUT2D eigenvalue weighted by molar-refractivity contribution is 5.82. The summed E-state index contributed by atoms with van der Waals surface area (Å²) in [5, 5.41) is 0. The fourth-order valence-electron chi connectivity index (χ4n) is 2.58. The van der Waals surface area contributed by atoms with Crippen LogP contribution in [0.1, 0.15) is 31.9 Å². The van der Waals surface area contributed by atoms with Crippen molar-refractivity contribution in [3.05, 3.63) is 35.6 Å². The van der Waals surface area contributed by atoms with Crippen LogP contribution in [-0.2, 0) is 4.79 Å². The lowest BCUT2D eigenvalue weighted by atomic mass is 10.0. The van der Waals surface area contributed by atoms with Crippen molar-refractivity contribution in [1.29, 1.82) is 0 Å². The summed E-state index contributed by atoms with van der Waals surface area (Å²) in [5.41, 5.74) is 6.52. The normalized spacial score (nSPS) is 25.2. The molecule has 2 rings (SSSR count). The van der Waals surface area contributed by atoms with E-state index in [-0.39, 0.29) is 17.8 Å². The molecule has 1 fully saturated rings. The van der Waals surface area contributed by atoms with Crippen LogP contribution in [0.5, 0.6) is 0 Å². The number of hydrogen-bond acceptors (Lipinski definition) is 2. The van der Waals surface area contributed by atoms with E-state index < -0.39 is 6.04 Å². The number of amides is 1. The average Bonchev–Trinajstić information content (AvgIpc) is 2.70. The first-order valence-corrected chi connectivity index (χ1v) is 6.30. The molecule has 2 unspecified atom stereocenters. The molecule has 1 aromatic rings. The summed E-state index contributed by atoms with van der Waals surface area (Å²) >= 11 is 0. The molecular weight excluding hydrogens is 231 g/mol. The van der Waals surface area contributed by atoms with Gasteiger partial charge >= 0.3 is 0 Å². The Kier molecular flexibility index (Phi) is 3.66. The Morgan fingerprint density at radius 1 is 1.56 bits per heavy atom. The van der Waals surface area contributed by atoms with Crippen LogP contribution in [0.3, 0.4) is 0 Å². The Morgan fingerprint density at radius 2 is 2.28 bits per heavy atom. The van der Waals surface area contributed by atoms with Gasteiger partial charge in [-0.25, -0.2) is 4.39 Å². The Balaban J connectivity index is 2.27. The van der Waals surface area contributed by atoms with Crippen molar-refractivity contribution in [1.82, 2.24) is 4.90 Å². The lowest BCUT2D eigenvalue weighted by molar-refractivity contribution is -0.133. The Hall–Kier alpha value is -1.42. The molecule has 0 bridgehead atoms. The van der Waals surface area contributed by atoms with E-state index in [2.05, 4.69) is 6.92 Å². The number of likely N-dealkylation sites (tertiary alicyclic amines) is 1. The maximum atomic E-state index is 13.3. The summed E-state index contributed by atoms with van der Waals surface area (Å²) in [7, 11) is 0. The highest BCUT2D eigenvalue weighted by atomic mass is 19.1. The third-order valence-electron chi connectivity index (χ3n) is 3.42. The predicted octanol–water partition coefficient (Wildman–Crippen LogP) is 2.08. The summed E-state index contributed by atoms with van der Waals surface area (Å²) in [6.07, 6.45) is 0.863. The molecule has 0 aliphatic carbocycles. The van der Waals surface area contributed by atoms with Gasteiger partial charge in [0.1, 0.15) is 5.82 Å². The van der Waals surface area contributed by atoms with E-state index in [4.69, 9.17) is 5.73 Å². The molecule has 1 aliphatic rings. The van der Waals surface area contributed by atoms with Crippen LogP contribution in [0.4, 0.5) is 4.39 Å². The molecule has 1 saturated heterocycles. The van der Waals surface area contributed by atoms with Gasteiger partial charge in [0, 0.05) is 6.54 Å². The quantitative estimate of drug-likeness (QED) is 0.873. The molecule has 0 saturated carbocycles. The topological polar surface area (TPSA) is 46.3 Å². The fourth-order valence-corrected chi connectivity index (χ4v) is 2.58. The number of benzene rings is 1. The Morgan fingerprint density at radius 3 is 2.89 bits per heavy atom. The molecule has 4 heteroatoms. The minimum Gasteiger partial charge on any atom is -0.334 e. The molecule has 0 radical (unpaired) electrons. The number of hydrogen-bond donors (Lipinski definition) is 1. The maximum absolute atomic E-state index is 13.3. The SMILES string of the molecule is CC1CC(c2cccc(F)c2)N(C(=O)[C@@H](C)N)C1. The first-order chi connectivity index (χ1) is 8.49. The van der Waals surface area contributed by atoms with E-state index in [9.17, 15) is 9.18 Å². The number of nitrogens with two attached hydrogens (primary N) is 1. The molecule has 1 amide bonds. The first-order valence-electron chi connectivity index (χ1n) is 6.30. The number of rotatable bonds is 2. The number of carbonyl (C=O) groups excluding carboxylic acids is 1. The van der Waals surface area contributed by atoms with E-state index in [1.165, 1.54) is 12.1 Å². The van der Waals surface area contributed by atoms with Crippen molar-refractivity contribution in [2.24, 2.45) is 11.7 Å². The zero-order chi connectivity index (χ0) is 13.3.